The Morgan fingerprint density at radius 3 is 2.04 bits per heavy atom. The van der Waals surface area contributed by atoms with Gasteiger partial charge in [0.25, 0.3) is 0 Å². The highest BCUT2D eigenvalue weighted by Gasteiger charge is 2.27. The minimum absolute atomic E-state index is 0.281. The zero-order valence-corrected chi connectivity index (χ0v) is 17.1. The summed E-state index contributed by atoms with van der Waals surface area (Å²) in [7, 11) is -0.890. The van der Waals surface area contributed by atoms with E-state index in [1.54, 1.807) is 12.1 Å². The highest BCUT2D eigenvalue weighted by Crippen LogP contribution is 2.19. The molecule has 1 N–H and O–H groups in total. The molecule has 0 saturated carbocycles. The summed E-state index contributed by atoms with van der Waals surface area (Å²) in [6.07, 6.45) is 0.959. The number of carbonyl (C=O) groups excluding carboxylic acids is 1. The Bertz CT molecular complexity index is 860. The predicted molar refractivity (Wildman–Crippen MR) is 109 cm³/mol. The number of nitrogens with one attached hydrogen (secondary N) is 1. The molecule has 27 heavy (non-hydrogen) atoms. The number of benzene rings is 2. The van der Waals surface area contributed by atoms with Gasteiger partial charge in [0.2, 0.25) is 5.91 Å². The number of hydrogen-bond donors (Lipinski definition) is 1. The number of hydrogen-bond acceptors (Lipinski definition) is 3. The molecule has 0 spiro atoms. The monoisotopic (exact) mass is 389 g/mol. The number of carbonyl (C=O) groups is 1. The van der Waals surface area contributed by atoms with Crippen LogP contribution in [0, 0.1) is 6.92 Å². The van der Waals surface area contributed by atoms with Crippen molar-refractivity contribution in [1.82, 2.24) is 9.62 Å². The first-order valence-corrected chi connectivity index (χ1v) is 10.2. The van der Waals surface area contributed by atoms with Crippen molar-refractivity contribution in [3.63, 3.8) is 0 Å². The quantitative estimate of drug-likeness (QED) is 0.754. The molecule has 7 heteroatoms. The maximum atomic E-state index is 12.7. The van der Waals surface area contributed by atoms with Gasteiger partial charge in [0.1, 0.15) is 6.54 Å². The van der Waals surface area contributed by atoms with Gasteiger partial charge in [-0.3, -0.25) is 4.79 Å². The summed E-state index contributed by atoms with van der Waals surface area (Å²) in [6, 6.07) is 15.0. The molecule has 0 radical (unpaired) electrons. The molecule has 0 bridgehead atoms. The summed E-state index contributed by atoms with van der Waals surface area (Å²) in [5.74, 6) is -0.361. The van der Waals surface area contributed by atoms with Crippen LogP contribution in [0.4, 0.5) is 5.69 Å². The lowest BCUT2D eigenvalue weighted by atomic mass is 10.1. The molecule has 0 saturated heterocycles. The summed E-state index contributed by atoms with van der Waals surface area (Å²) in [6.45, 7) is 4.08. The van der Waals surface area contributed by atoms with Gasteiger partial charge in [-0.25, -0.2) is 4.31 Å². The normalized spacial score (nSPS) is 11.4. The fraction of sp³-hybridized carbons (Fsp3) is 0.350. The van der Waals surface area contributed by atoms with E-state index in [0.717, 1.165) is 26.2 Å². The number of aryl methyl sites for hydroxylation is 2. The van der Waals surface area contributed by atoms with Crippen LogP contribution in [0.3, 0.4) is 0 Å². The highest BCUT2D eigenvalue weighted by atomic mass is 32.2. The van der Waals surface area contributed by atoms with Crippen LogP contribution in [0.2, 0.25) is 0 Å². The molecular formula is C20H27N3O3S. The van der Waals surface area contributed by atoms with Crippen molar-refractivity contribution < 1.29 is 13.2 Å². The molecule has 146 valence electrons. The van der Waals surface area contributed by atoms with E-state index in [-0.39, 0.29) is 12.5 Å². The molecule has 0 aromatic heterocycles. The molecule has 1 amide bonds. The van der Waals surface area contributed by atoms with E-state index in [2.05, 4.69) is 12.2 Å². The molecule has 0 atom stereocenters. The van der Waals surface area contributed by atoms with E-state index in [4.69, 9.17) is 0 Å². The third kappa shape index (κ3) is 5.55. The maximum Gasteiger partial charge on any atom is 0.304 e. The Balaban J connectivity index is 2.11. The first-order chi connectivity index (χ1) is 12.7. The Labute approximate surface area is 162 Å². The molecule has 0 aliphatic heterocycles. The van der Waals surface area contributed by atoms with Crippen LogP contribution in [0.15, 0.2) is 48.5 Å². The van der Waals surface area contributed by atoms with Crippen molar-refractivity contribution in [2.45, 2.75) is 26.8 Å². The van der Waals surface area contributed by atoms with Gasteiger partial charge in [-0.05, 0) is 36.6 Å². The number of amides is 1. The zero-order chi connectivity index (χ0) is 20.0. The zero-order valence-electron chi connectivity index (χ0n) is 16.3. The van der Waals surface area contributed by atoms with Gasteiger partial charge in [-0.1, -0.05) is 48.9 Å². The third-order valence-corrected chi connectivity index (χ3v) is 6.09. The highest BCUT2D eigenvalue weighted by molar-refractivity contribution is 7.90. The van der Waals surface area contributed by atoms with Gasteiger partial charge < -0.3 is 5.32 Å². The van der Waals surface area contributed by atoms with Crippen LogP contribution in [0.5, 0.6) is 0 Å². The van der Waals surface area contributed by atoms with Crippen molar-refractivity contribution in [1.29, 1.82) is 0 Å². The van der Waals surface area contributed by atoms with E-state index in [9.17, 15) is 13.2 Å². The van der Waals surface area contributed by atoms with Crippen molar-refractivity contribution in [2.24, 2.45) is 0 Å². The Hall–Kier alpha value is -2.38. The summed E-state index contributed by atoms with van der Waals surface area (Å²) in [5.41, 5.74) is 3.67. The third-order valence-electron chi connectivity index (χ3n) is 4.27. The largest absolute Gasteiger partial charge is 0.350 e. The minimum atomic E-state index is -3.79. The standard InChI is InChI=1S/C20H27N3O3S/c1-5-17-8-10-18(11-9-17)14-21-20(24)15-23(27(25,26)22(3)4)19-12-6-16(2)7-13-19/h6-13H,5,14-15H2,1-4H3,(H,21,24). The molecule has 0 fully saturated rings. The van der Waals surface area contributed by atoms with Gasteiger partial charge in [0.05, 0.1) is 5.69 Å². The topological polar surface area (TPSA) is 69.7 Å². The van der Waals surface area contributed by atoms with Gasteiger partial charge in [-0.15, -0.1) is 0 Å². The van der Waals surface area contributed by atoms with Crippen LogP contribution < -0.4 is 9.62 Å². The van der Waals surface area contributed by atoms with Gasteiger partial charge >= 0.3 is 10.2 Å². The van der Waals surface area contributed by atoms with E-state index in [1.807, 2.05) is 43.3 Å². The Kier molecular flexibility index (Phi) is 6.98. The summed E-state index contributed by atoms with van der Waals surface area (Å²) in [4.78, 5) is 12.4. The second kappa shape index (κ2) is 9.01. The smallest absolute Gasteiger partial charge is 0.304 e. The maximum absolute atomic E-state index is 12.7. The van der Waals surface area contributed by atoms with Crippen molar-refractivity contribution in [3.8, 4) is 0 Å². The Morgan fingerprint density at radius 1 is 0.963 bits per heavy atom. The van der Waals surface area contributed by atoms with Crippen LogP contribution in [0.1, 0.15) is 23.6 Å². The lowest BCUT2D eigenvalue weighted by molar-refractivity contribution is -0.119. The molecule has 6 nitrogen and oxygen atoms in total. The summed E-state index contributed by atoms with van der Waals surface area (Å²) < 4.78 is 27.5. The molecule has 0 aliphatic carbocycles. The predicted octanol–water partition coefficient (Wildman–Crippen LogP) is 2.49. The number of nitrogens with zero attached hydrogens (tertiary/aromatic N) is 2. The molecule has 2 aromatic rings. The van der Waals surface area contributed by atoms with Crippen LogP contribution in [-0.2, 0) is 28.0 Å². The molecule has 0 unspecified atom stereocenters. The fourth-order valence-electron chi connectivity index (χ4n) is 2.49. The van der Waals surface area contributed by atoms with E-state index in [1.165, 1.54) is 19.7 Å². The van der Waals surface area contributed by atoms with Crippen LogP contribution in [-0.4, -0.2) is 39.3 Å². The van der Waals surface area contributed by atoms with Crippen LogP contribution in [0.25, 0.3) is 0 Å². The number of anilines is 1. The lowest BCUT2D eigenvalue weighted by Crippen LogP contribution is -2.45. The molecule has 2 rings (SSSR count). The van der Waals surface area contributed by atoms with Crippen molar-refractivity contribution in [3.05, 3.63) is 65.2 Å². The first-order valence-electron chi connectivity index (χ1n) is 8.85. The van der Waals surface area contributed by atoms with Gasteiger partial charge in [0.15, 0.2) is 0 Å². The van der Waals surface area contributed by atoms with E-state index < -0.39 is 10.2 Å². The van der Waals surface area contributed by atoms with Gasteiger partial charge in [-0.2, -0.15) is 12.7 Å². The number of rotatable bonds is 8. The molecule has 0 heterocycles. The minimum Gasteiger partial charge on any atom is -0.350 e. The molecule has 2 aromatic carbocycles. The molecule has 0 aliphatic rings. The van der Waals surface area contributed by atoms with E-state index in [0.29, 0.717) is 12.2 Å². The second-order valence-corrected chi connectivity index (χ2v) is 8.65. The average Bonchev–Trinajstić information content (AvgIpc) is 2.65. The van der Waals surface area contributed by atoms with Gasteiger partial charge in [0, 0.05) is 20.6 Å². The lowest BCUT2D eigenvalue weighted by Gasteiger charge is -2.27. The second-order valence-electron chi connectivity index (χ2n) is 6.58. The SMILES string of the molecule is CCc1ccc(CNC(=O)CN(c2ccc(C)cc2)S(=O)(=O)N(C)C)cc1. The summed E-state index contributed by atoms with van der Waals surface area (Å²) >= 11 is 0. The average molecular weight is 390 g/mol. The Morgan fingerprint density at radius 2 is 1.52 bits per heavy atom. The van der Waals surface area contributed by atoms with Crippen LogP contribution >= 0.6 is 0 Å². The summed E-state index contributed by atoms with van der Waals surface area (Å²) in [5, 5.41) is 2.80. The van der Waals surface area contributed by atoms with Crippen molar-refractivity contribution in [2.75, 3.05) is 24.9 Å². The van der Waals surface area contributed by atoms with E-state index >= 15 is 0 Å². The fourth-order valence-corrected chi connectivity index (χ4v) is 3.56. The van der Waals surface area contributed by atoms with Crippen molar-refractivity contribution >= 4 is 21.8 Å². The molecular weight excluding hydrogens is 362 g/mol. The first kappa shape index (κ1) is 20.9.